The molecule has 0 amide bonds. The predicted octanol–water partition coefficient (Wildman–Crippen LogP) is 4.46. The molecule has 0 saturated heterocycles. The van der Waals surface area contributed by atoms with Gasteiger partial charge in [-0.05, 0) is 0 Å². The van der Waals surface area contributed by atoms with Crippen LogP contribution in [0.3, 0.4) is 0 Å². The second-order valence-corrected chi connectivity index (χ2v) is 9.20. The first kappa shape index (κ1) is 16.9. The van der Waals surface area contributed by atoms with E-state index in [-0.39, 0.29) is 25.6 Å². The summed E-state index contributed by atoms with van der Waals surface area (Å²) in [7, 11) is 0. The van der Waals surface area contributed by atoms with E-state index in [0.29, 0.717) is 0 Å². The topological polar surface area (TPSA) is 43.1 Å². The Balaban J connectivity index is 2.69. The van der Waals surface area contributed by atoms with Crippen molar-refractivity contribution in [2.24, 2.45) is 0 Å². The van der Waals surface area contributed by atoms with Crippen molar-refractivity contribution in [1.29, 1.82) is 0 Å². The molecule has 0 spiro atoms. The van der Waals surface area contributed by atoms with Crippen molar-refractivity contribution in [3.05, 3.63) is 42.2 Å². The van der Waals surface area contributed by atoms with Gasteiger partial charge in [0.05, 0.1) is 0 Å². The number of hydrogen-bond acceptors (Lipinski definition) is 2. The summed E-state index contributed by atoms with van der Waals surface area (Å²) in [5, 5.41) is 10.7. The van der Waals surface area contributed by atoms with Gasteiger partial charge in [-0.1, -0.05) is 0 Å². The number of non-ortho nitro benzene ring substituents is 1. The molecule has 0 radical (unpaired) electrons. The van der Waals surface area contributed by atoms with Crippen LogP contribution in [0.1, 0.15) is 32.6 Å². The van der Waals surface area contributed by atoms with Gasteiger partial charge in [0.2, 0.25) is 0 Å². The zero-order valence-corrected chi connectivity index (χ0v) is 15.5. The van der Waals surface area contributed by atoms with Crippen molar-refractivity contribution < 1.29 is 4.92 Å². The second-order valence-electron chi connectivity index (χ2n) is 3.99. The number of nitrogens with zero attached hydrogens (tertiary/aromatic N) is 1. The van der Waals surface area contributed by atoms with Crippen LogP contribution in [0.15, 0.2) is 32.1 Å². The van der Waals surface area contributed by atoms with Crippen molar-refractivity contribution in [3.8, 4) is 0 Å². The van der Waals surface area contributed by atoms with Gasteiger partial charge in [0.25, 0.3) is 0 Å². The fourth-order valence-electron chi connectivity index (χ4n) is 1.45. The molecule has 0 aliphatic carbocycles. The van der Waals surface area contributed by atoms with E-state index in [1.807, 2.05) is 6.07 Å². The number of nitro groups is 1. The number of nitro benzene ring substituents is 1. The number of hydrogen-bond donors (Lipinski definition) is 0. The summed E-state index contributed by atoms with van der Waals surface area (Å²) in [6.45, 7) is 2.18. The Morgan fingerprint density at radius 3 is 2.74 bits per heavy atom. The maximum atomic E-state index is 10.7. The van der Waals surface area contributed by atoms with Gasteiger partial charge in [-0.15, -0.1) is 0 Å². The van der Waals surface area contributed by atoms with E-state index in [4.69, 9.17) is 0 Å². The van der Waals surface area contributed by atoms with Gasteiger partial charge in [-0.3, -0.25) is 0 Å². The maximum absolute atomic E-state index is 10.7. The molecule has 0 bridgehead atoms. The van der Waals surface area contributed by atoms with Crippen molar-refractivity contribution in [1.82, 2.24) is 0 Å². The van der Waals surface area contributed by atoms with Crippen LogP contribution < -0.4 is 4.46 Å². The average Bonchev–Trinajstić information content (AvgIpc) is 2.39. The molecular weight excluding hydrogens is 441 g/mol. The fourth-order valence-corrected chi connectivity index (χ4v) is 4.88. The molecule has 0 aliphatic heterocycles. The first-order chi connectivity index (χ1) is 9.04. The van der Waals surface area contributed by atoms with Crippen LogP contribution in [0, 0.1) is 10.1 Å². The quantitative estimate of drug-likeness (QED) is 0.263. The molecule has 1 aromatic carbocycles. The molecule has 19 heavy (non-hydrogen) atoms. The molecule has 104 valence electrons. The van der Waals surface area contributed by atoms with Crippen LogP contribution in [-0.4, -0.2) is 19.9 Å². The van der Waals surface area contributed by atoms with E-state index >= 15 is 0 Å². The van der Waals surface area contributed by atoms with Crippen molar-refractivity contribution in [3.63, 3.8) is 0 Å². The van der Waals surface area contributed by atoms with Crippen LogP contribution in [-0.2, 0) is 0 Å². The van der Waals surface area contributed by atoms with Crippen molar-refractivity contribution >= 4 is 57.0 Å². The molecular formula is C13H15Br2NO2Se. The van der Waals surface area contributed by atoms with Gasteiger partial charge in [-0.25, -0.2) is 0 Å². The summed E-state index contributed by atoms with van der Waals surface area (Å²) in [5.74, 6) is 0. The number of unbranched alkanes of at least 4 members (excludes halogenated alkanes) is 2. The van der Waals surface area contributed by atoms with E-state index in [0.717, 1.165) is 20.7 Å². The number of rotatable bonds is 7. The van der Waals surface area contributed by atoms with Crippen LogP contribution in [0.2, 0.25) is 0 Å². The zero-order valence-electron chi connectivity index (χ0n) is 10.6. The van der Waals surface area contributed by atoms with Crippen LogP contribution in [0.4, 0.5) is 5.69 Å². The third-order valence-corrected chi connectivity index (χ3v) is 7.60. The first-order valence-electron chi connectivity index (χ1n) is 6.01. The molecule has 0 N–H and O–H groups in total. The molecule has 0 atom stereocenters. The monoisotopic (exact) mass is 455 g/mol. The SMILES string of the molecule is CCCCC/C(Br)=C(/Br)[Se]c1cccc([N+](=O)[O-])c1. The Labute approximate surface area is 136 Å². The van der Waals surface area contributed by atoms with E-state index < -0.39 is 0 Å². The summed E-state index contributed by atoms with van der Waals surface area (Å²) >= 11 is 7.24. The van der Waals surface area contributed by atoms with Gasteiger partial charge in [0.15, 0.2) is 0 Å². The molecule has 1 aromatic rings. The number of allylic oxidation sites excluding steroid dienone is 1. The Kier molecular flexibility index (Phi) is 7.91. The Morgan fingerprint density at radius 2 is 2.11 bits per heavy atom. The molecule has 0 aliphatic rings. The summed E-state index contributed by atoms with van der Waals surface area (Å²) in [4.78, 5) is 10.4. The van der Waals surface area contributed by atoms with Gasteiger partial charge in [-0.2, -0.15) is 0 Å². The van der Waals surface area contributed by atoms with E-state index in [1.165, 1.54) is 23.4 Å². The van der Waals surface area contributed by atoms with Crippen LogP contribution in [0.25, 0.3) is 0 Å². The molecule has 0 heterocycles. The van der Waals surface area contributed by atoms with E-state index in [2.05, 4.69) is 38.8 Å². The molecule has 0 fully saturated rings. The van der Waals surface area contributed by atoms with Gasteiger partial charge in [0.1, 0.15) is 0 Å². The third-order valence-electron chi connectivity index (χ3n) is 2.45. The third kappa shape index (κ3) is 6.21. The van der Waals surface area contributed by atoms with Gasteiger partial charge >= 0.3 is 137 Å². The summed E-state index contributed by atoms with van der Waals surface area (Å²) in [6.07, 6.45) is 4.61. The number of benzene rings is 1. The first-order valence-corrected chi connectivity index (χ1v) is 9.31. The molecule has 1 rings (SSSR count). The Bertz CT molecular complexity index is 477. The van der Waals surface area contributed by atoms with E-state index in [9.17, 15) is 10.1 Å². The molecule has 0 unspecified atom stereocenters. The standard InChI is InChI=1S/C13H15Br2NO2Se/c1-2-3-4-8-12(14)13(15)19-11-7-5-6-10(9-11)16(17)18/h5-7,9H,2-4,8H2,1H3/b13-12+. The summed E-state index contributed by atoms with van der Waals surface area (Å²) in [5.41, 5.74) is 0.154. The second kappa shape index (κ2) is 8.90. The minimum absolute atomic E-state index is 0.0665. The molecule has 6 heteroatoms. The van der Waals surface area contributed by atoms with Crippen molar-refractivity contribution in [2.75, 3.05) is 0 Å². The van der Waals surface area contributed by atoms with Crippen LogP contribution in [0.5, 0.6) is 0 Å². The zero-order chi connectivity index (χ0) is 14.3. The molecule has 0 aromatic heterocycles. The molecule has 0 saturated carbocycles. The Morgan fingerprint density at radius 1 is 1.37 bits per heavy atom. The summed E-state index contributed by atoms with van der Waals surface area (Å²) < 4.78 is 3.30. The van der Waals surface area contributed by atoms with Gasteiger partial charge in [0, 0.05) is 0 Å². The number of halogens is 2. The molecule has 3 nitrogen and oxygen atoms in total. The van der Waals surface area contributed by atoms with E-state index in [1.54, 1.807) is 12.1 Å². The predicted molar refractivity (Wildman–Crippen MR) is 87.5 cm³/mol. The van der Waals surface area contributed by atoms with Crippen molar-refractivity contribution in [2.45, 2.75) is 32.6 Å². The minimum atomic E-state index is -0.354. The van der Waals surface area contributed by atoms with Gasteiger partial charge < -0.3 is 0 Å². The fraction of sp³-hybridized carbons (Fsp3) is 0.385. The average molecular weight is 456 g/mol. The van der Waals surface area contributed by atoms with Crippen LogP contribution >= 0.6 is 31.9 Å². The Hall–Kier alpha value is -0.161. The summed E-state index contributed by atoms with van der Waals surface area (Å²) in [6, 6.07) is 6.84. The normalized spacial score (nSPS) is 12.2.